The summed E-state index contributed by atoms with van der Waals surface area (Å²) in [6.45, 7) is 6.29. The lowest BCUT2D eigenvalue weighted by atomic mass is 10.0. The van der Waals surface area contributed by atoms with E-state index in [9.17, 15) is 4.79 Å². The number of carbonyl (C=O) groups excluding carboxylic acids is 1. The van der Waals surface area contributed by atoms with Crippen LogP contribution in [0.25, 0.3) is 0 Å². The lowest BCUT2D eigenvalue weighted by Gasteiger charge is -2.22. The van der Waals surface area contributed by atoms with Gasteiger partial charge in [-0.25, -0.2) is 0 Å². The first-order valence-corrected chi connectivity index (χ1v) is 7.91. The highest BCUT2D eigenvalue weighted by Gasteiger charge is 2.19. The number of amides is 1. The third kappa shape index (κ3) is 4.74. The second kappa shape index (κ2) is 8.03. The van der Waals surface area contributed by atoms with Gasteiger partial charge in [0.25, 0.3) is 0 Å². The van der Waals surface area contributed by atoms with Crippen molar-refractivity contribution in [2.75, 3.05) is 19.7 Å². The van der Waals surface area contributed by atoms with Crippen LogP contribution >= 0.6 is 0 Å². The molecule has 1 aromatic carbocycles. The molecule has 21 heavy (non-hydrogen) atoms. The van der Waals surface area contributed by atoms with Gasteiger partial charge in [-0.05, 0) is 36.9 Å². The molecule has 1 saturated heterocycles. The Hall–Kier alpha value is -1.55. The number of piperidine rings is 1. The van der Waals surface area contributed by atoms with E-state index >= 15 is 0 Å². The molecule has 1 fully saturated rings. The lowest BCUT2D eigenvalue weighted by molar-refractivity contribution is -0.123. The molecule has 0 saturated carbocycles. The third-order valence-electron chi connectivity index (χ3n) is 3.83. The fraction of sp³-hybridized carbons (Fsp3) is 0.588. The van der Waals surface area contributed by atoms with Gasteiger partial charge in [0, 0.05) is 0 Å². The molecule has 1 aromatic rings. The smallest absolute Gasteiger partial charge is 0.237 e. The molecule has 1 aliphatic heterocycles. The average molecular weight is 290 g/mol. The molecule has 2 N–H and O–H groups in total. The number of hydrogen-bond donors (Lipinski definition) is 2. The van der Waals surface area contributed by atoms with Gasteiger partial charge < -0.3 is 15.4 Å². The molecule has 1 aliphatic rings. The molecular weight excluding hydrogens is 264 g/mol. The third-order valence-corrected chi connectivity index (χ3v) is 3.83. The van der Waals surface area contributed by atoms with Crippen LogP contribution in [0.5, 0.6) is 5.75 Å². The SMILES string of the molecule is CC(C)c1ccccc1OCCNC(=O)C1CCCCN1. The molecule has 1 unspecified atom stereocenters. The number of rotatable bonds is 6. The van der Waals surface area contributed by atoms with E-state index in [0.717, 1.165) is 25.1 Å². The predicted octanol–water partition coefficient (Wildman–Crippen LogP) is 2.45. The quantitative estimate of drug-likeness (QED) is 0.791. The molecule has 0 radical (unpaired) electrons. The van der Waals surface area contributed by atoms with Gasteiger partial charge in [-0.2, -0.15) is 0 Å². The Kier molecular flexibility index (Phi) is 6.05. The number of hydrogen-bond acceptors (Lipinski definition) is 3. The van der Waals surface area contributed by atoms with Gasteiger partial charge in [-0.3, -0.25) is 4.79 Å². The predicted molar refractivity (Wildman–Crippen MR) is 84.7 cm³/mol. The van der Waals surface area contributed by atoms with Crippen molar-refractivity contribution in [3.05, 3.63) is 29.8 Å². The van der Waals surface area contributed by atoms with Gasteiger partial charge in [-0.1, -0.05) is 38.5 Å². The van der Waals surface area contributed by atoms with Crippen molar-refractivity contribution in [1.29, 1.82) is 0 Å². The van der Waals surface area contributed by atoms with Crippen molar-refractivity contribution >= 4 is 5.91 Å². The first kappa shape index (κ1) is 15.8. The first-order chi connectivity index (χ1) is 10.2. The lowest BCUT2D eigenvalue weighted by Crippen LogP contribution is -2.47. The number of nitrogens with one attached hydrogen (secondary N) is 2. The van der Waals surface area contributed by atoms with Crippen molar-refractivity contribution in [3.8, 4) is 5.75 Å². The maximum atomic E-state index is 12.0. The molecule has 2 rings (SSSR count). The fourth-order valence-electron chi connectivity index (χ4n) is 2.62. The number of benzene rings is 1. The Morgan fingerprint density at radius 2 is 2.19 bits per heavy atom. The summed E-state index contributed by atoms with van der Waals surface area (Å²) < 4.78 is 5.80. The van der Waals surface area contributed by atoms with E-state index in [1.165, 1.54) is 12.0 Å². The van der Waals surface area contributed by atoms with E-state index in [-0.39, 0.29) is 11.9 Å². The molecule has 0 aliphatic carbocycles. The number of para-hydroxylation sites is 1. The zero-order valence-electron chi connectivity index (χ0n) is 13.0. The van der Waals surface area contributed by atoms with Crippen LogP contribution in [0.2, 0.25) is 0 Å². The Morgan fingerprint density at radius 3 is 2.90 bits per heavy atom. The summed E-state index contributed by atoms with van der Waals surface area (Å²) in [6, 6.07) is 8.05. The topological polar surface area (TPSA) is 50.4 Å². The first-order valence-electron chi connectivity index (χ1n) is 7.91. The van der Waals surface area contributed by atoms with E-state index < -0.39 is 0 Å². The van der Waals surface area contributed by atoms with Crippen LogP contribution in [0.3, 0.4) is 0 Å². The zero-order valence-corrected chi connectivity index (χ0v) is 13.0. The highest BCUT2D eigenvalue weighted by atomic mass is 16.5. The van der Waals surface area contributed by atoms with Crippen molar-refractivity contribution in [2.45, 2.75) is 45.1 Å². The molecule has 1 atom stereocenters. The molecule has 0 aromatic heterocycles. The molecule has 4 nitrogen and oxygen atoms in total. The highest BCUT2D eigenvalue weighted by Crippen LogP contribution is 2.25. The fourth-order valence-corrected chi connectivity index (χ4v) is 2.62. The summed E-state index contributed by atoms with van der Waals surface area (Å²) in [5, 5.41) is 6.19. The molecular formula is C17H26N2O2. The standard InChI is InChI=1S/C17H26N2O2/c1-13(2)14-7-3-4-9-16(14)21-12-11-19-17(20)15-8-5-6-10-18-15/h3-4,7,9,13,15,18H,5-6,8,10-12H2,1-2H3,(H,19,20). The summed E-state index contributed by atoms with van der Waals surface area (Å²) in [5.74, 6) is 1.44. The molecule has 116 valence electrons. The minimum atomic E-state index is -0.0262. The van der Waals surface area contributed by atoms with Crippen molar-refractivity contribution in [3.63, 3.8) is 0 Å². The molecule has 0 spiro atoms. The summed E-state index contributed by atoms with van der Waals surface area (Å²) in [5.41, 5.74) is 1.21. The van der Waals surface area contributed by atoms with Gasteiger partial charge in [0.2, 0.25) is 5.91 Å². The zero-order chi connectivity index (χ0) is 15.1. The van der Waals surface area contributed by atoms with Crippen molar-refractivity contribution in [2.24, 2.45) is 0 Å². The van der Waals surface area contributed by atoms with E-state index in [1.54, 1.807) is 0 Å². The van der Waals surface area contributed by atoms with Crippen molar-refractivity contribution in [1.82, 2.24) is 10.6 Å². The molecule has 0 bridgehead atoms. The summed E-state index contributed by atoms with van der Waals surface area (Å²) >= 11 is 0. The number of ether oxygens (including phenoxy) is 1. The van der Waals surface area contributed by atoms with Gasteiger partial charge >= 0.3 is 0 Å². The van der Waals surface area contributed by atoms with E-state index in [0.29, 0.717) is 19.1 Å². The van der Waals surface area contributed by atoms with Crippen LogP contribution in [0.1, 0.15) is 44.6 Å². The summed E-state index contributed by atoms with van der Waals surface area (Å²) in [6.07, 6.45) is 3.23. The maximum absolute atomic E-state index is 12.0. The highest BCUT2D eigenvalue weighted by molar-refractivity contribution is 5.81. The summed E-state index contributed by atoms with van der Waals surface area (Å²) in [7, 11) is 0. The normalized spacial score (nSPS) is 18.5. The van der Waals surface area contributed by atoms with Gasteiger partial charge in [0.15, 0.2) is 0 Å². The minimum absolute atomic E-state index is 0.0262. The second-order valence-corrected chi connectivity index (χ2v) is 5.83. The van der Waals surface area contributed by atoms with Gasteiger partial charge in [0.05, 0.1) is 12.6 Å². The maximum Gasteiger partial charge on any atom is 0.237 e. The van der Waals surface area contributed by atoms with E-state index in [4.69, 9.17) is 4.74 Å². The molecule has 1 heterocycles. The minimum Gasteiger partial charge on any atom is -0.491 e. The van der Waals surface area contributed by atoms with Gasteiger partial charge in [-0.15, -0.1) is 0 Å². The van der Waals surface area contributed by atoms with Crippen LogP contribution in [-0.2, 0) is 4.79 Å². The Morgan fingerprint density at radius 1 is 1.38 bits per heavy atom. The number of carbonyl (C=O) groups is 1. The van der Waals surface area contributed by atoms with Crippen LogP contribution in [-0.4, -0.2) is 31.6 Å². The van der Waals surface area contributed by atoms with Crippen LogP contribution in [0.15, 0.2) is 24.3 Å². The Bertz CT molecular complexity index is 454. The summed E-state index contributed by atoms with van der Waals surface area (Å²) in [4.78, 5) is 12.0. The van der Waals surface area contributed by atoms with Crippen LogP contribution in [0.4, 0.5) is 0 Å². The largest absolute Gasteiger partial charge is 0.491 e. The van der Waals surface area contributed by atoms with E-state index in [1.807, 2.05) is 18.2 Å². The monoisotopic (exact) mass is 290 g/mol. The van der Waals surface area contributed by atoms with Gasteiger partial charge in [0.1, 0.15) is 12.4 Å². The Balaban J connectivity index is 1.73. The van der Waals surface area contributed by atoms with Crippen LogP contribution in [0, 0.1) is 0 Å². The van der Waals surface area contributed by atoms with Crippen molar-refractivity contribution < 1.29 is 9.53 Å². The molecule has 1 amide bonds. The second-order valence-electron chi connectivity index (χ2n) is 5.83. The average Bonchev–Trinajstić information content (AvgIpc) is 2.52. The van der Waals surface area contributed by atoms with Crippen LogP contribution < -0.4 is 15.4 Å². The molecule has 4 heteroatoms. The van der Waals surface area contributed by atoms with E-state index in [2.05, 4.69) is 30.5 Å². The Labute approximate surface area is 127 Å².